The molecule has 100 valence electrons. The first kappa shape index (κ1) is 13.6. The molecule has 0 aliphatic rings. The Morgan fingerprint density at radius 2 is 1.74 bits per heavy atom. The summed E-state index contributed by atoms with van der Waals surface area (Å²) in [6, 6.07) is 12.6. The Labute approximate surface area is 115 Å². The number of hydrogen-bond donors (Lipinski definition) is 1. The number of rotatable bonds is 5. The summed E-state index contributed by atoms with van der Waals surface area (Å²) in [6.45, 7) is 6.20. The van der Waals surface area contributed by atoms with Gasteiger partial charge in [-0.1, -0.05) is 18.2 Å². The largest absolute Gasteiger partial charge is 0.398 e. The minimum absolute atomic E-state index is 0.466. The van der Waals surface area contributed by atoms with E-state index in [4.69, 9.17) is 5.73 Å². The van der Waals surface area contributed by atoms with Crippen molar-refractivity contribution in [2.75, 3.05) is 5.73 Å². The molecule has 19 heavy (non-hydrogen) atoms. The average Bonchev–Trinajstić information content (AvgIpc) is 2.41. The Morgan fingerprint density at radius 1 is 1.05 bits per heavy atom. The molecule has 0 unspecified atom stereocenters. The predicted molar refractivity (Wildman–Crippen MR) is 79.5 cm³/mol. The smallest absolute Gasteiger partial charge is 0.0359 e. The maximum absolute atomic E-state index is 6.03. The molecule has 2 N–H and O–H groups in total. The molecular weight excluding hydrogens is 234 g/mol. The van der Waals surface area contributed by atoms with Gasteiger partial charge in [0.25, 0.3) is 0 Å². The summed E-state index contributed by atoms with van der Waals surface area (Å²) in [4.78, 5) is 6.46. The monoisotopic (exact) mass is 255 g/mol. The van der Waals surface area contributed by atoms with Crippen LogP contribution in [0.3, 0.4) is 0 Å². The van der Waals surface area contributed by atoms with Crippen molar-refractivity contribution in [3.8, 4) is 0 Å². The number of para-hydroxylation sites is 1. The number of nitrogen functional groups attached to an aromatic ring is 1. The van der Waals surface area contributed by atoms with E-state index in [1.54, 1.807) is 0 Å². The lowest BCUT2D eigenvalue weighted by Crippen LogP contribution is -2.30. The molecule has 0 fully saturated rings. The third kappa shape index (κ3) is 3.80. The van der Waals surface area contributed by atoms with Crippen molar-refractivity contribution < 1.29 is 0 Å². The van der Waals surface area contributed by atoms with Crippen molar-refractivity contribution in [2.45, 2.75) is 33.0 Å². The summed E-state index contributed by atoms with van der Waals surface area (Å²) in [5.41, 5.74) is 9.35. The molecule has 1 aromatic carbocycles. The van der Waals surface area contributed by atoms with Gasteiger partial charge in [-0.25, -0.2) is 0 Å². The molecule has 0 saturated carbocycles. The van der Waals surface area contributed by atoms with Crippen LogP contribution in [-0.4, -0.2) is 15.9 Å². The van der Waals surface area contributed by atoms with Gasteiger partial charge in [0, 0.05) is 37.2 Å². The number of nitrogens with zero attached hydrogens (tertiary/aromatic N) is 2. The second kappa shape index (κ2) is 6.34. The molecule has 3 heteroatoms. The van der Waals surface area contributed by atoms with Crippen LogP contribution < -0.4 is 5.73 Å². The highest BCUT2D eigenvalue weighted by Crippen LogP contribution is 2.17. The van der Waals surface area contributed by atoms with Gasteiger partial charge in [0.1, 0.15) is 0 Å². The number of nitrogens with two attached hydrogens (primary N) is 1. The molecule has 1 heterocycles. The number of pyridine rings is 1. The fourth-order valence-corrected chi connectivity index (χ4v) is 2.04. The summed E-state index contributed by atoms with van der Waals surface area (Å²) >= 11 is 0. The van der Waals surface area contributed by atoms with E-state index >= 15 is 0 Å². The van der Waals surface area contributed by atoms with Gasteiger partial charge >= 0.3 is 0 Å². The van der Waals surface area contributed by atoms with Crippen LogP contribution in [0, 0.1) is 0 Å². The summed E-state index contributed by atoms with van der Waals surface area (Å²) in [7, 11) is 0. The topological polar surface area (TPSA) is 42.2 Å². The molecular formula is C16H21N3. The standard InChI is InChI=1S/C16H21N3/c1-13(2)19(11-14-7-9-18-10-8-14)12-15-5-3-4-6-16(15)17/h3-10,13H,11-12,17H2,1-2H3. The van der Waals surface area contributed by atoms with Gasteiger partial charge in [-0.05, 0) is 43.2 Å². The first-order valence-electron chi connectivity index (χ1n) is 6.63. The maximum Gasteiger partial charge on any atom is 0.0359 e. The van der Waals surface area contributed by atoms with E-state index in [0.717, 1.165) is 18.8 Å². The van der Waals surface area contributed by atoms with Crippen molar-refractivity contribution >= 4 is 5.69 Å². The highest BCUT2D eigenvalue weighted by atomic mass is 15.1. The zero-order valence-electron chi connectivity index (χ0n) is 11.6. The molecule has 0 atom stereocenters. The van der Waals surface area contributed by atoms with Crippen molar-refractivity contribution in [3.63, 3.8) is 0 Å². The van der Waals surface area contributed by atoms with Crippen molar-refractivity contribution in [2.24, 2.45) is 0 Å². The molecule has 0 aliphatic heterocycles. The van der Waals surface area contributed by atoms with Crippen LogP contribution in [0.2, 0.25) is 0 Å². The van der Waals surface area contributed by atoms with Crippen molar-refractivity contribution in [3.05, 3.63) is 59.9 Å². The summed E-state index contributed by atoms with van der Waals surface area (Å²) < 4.78 is 0. The molecule has 0 aliphatic carbocycles. The van der Waals surface area contributed by atoms with Crippen molar-refractivity contribution in [1.82, 2.24) is 9.88 Å². The van der Waals surface area contributed by atoms with Crippen LogP contribution in [0.25, 0.3) is 0 Å². The Morgan fingerprint density at radius 3 is 2.37 bits per heavy atom. The summed E-state index contributed by atoms with van der Waals surface area (Å²) in [5, 5.41) is 0. The highest BCUT2D eigenvalue weighted by molar-refractivity contribution is 5.46. The molecule has 1 aromatic heterocycles. The van der Waals surface area contributed by atoms with Crippen LogP contribution in [0.15, 0.2) is 48.8 Å². The van der Waals surface area contributed by atoms with Crippen LogP contribution >= 0.6 is 0 Å². The van der Waals surface area contributed by atoms with Gasteiger partial charge < -0.3 is 5.73 Å². The number of anilines is 1. The third-order valence-electron chi connectivity index (χ3n) is 3.29. The quantitative estimate of drug-likeness (QED) is 0.835. The number of benzene rings is 1. The fraction of sp³-hybridized carbons (Fsp3) is 0.312. The van der Waals surface area contributed by atoms with Crippen LogP contribution in [0.5, 0.6) is 0 Å². The van der Waals surface area contributed by atoms with E-state index in [2.05, 4.69) is 41.9 Å². The SMILES string of the molecule is CC(C)N(Cc1ccncc1)Cc1ccccc1N. The van der Waals surface area contributed by atoms with Gasteiger partial charge in [0.05, 0.1) is 0 Å². The summed E-state index contributed by atoms with van der Waals surface area (Å²) in [5.74, 6) is 0. The van der Waals surface area contributed by atoms with Crippen LogP contribution in [0.4, 0.5) is 5.69 Å². The molecule has 0 amide bonds. The normalized spacial score (nSPS) is 11.2. The van der Waals surface area contributed by atoms with E-state index in [1.165, 1.54) is 11.1 Å². The van der Waals surface area contributed by atoms with E-state index < -0.39 is 0 Å². The van der Waals surface area contributed by atoms with Gasteiger partial charge in [-0.15, -0.1) is 0 Å². The number of hydrogen-bond acceptors (Lipinski definition) is 3. The average molecular weight is 255 g/mol. The Kier molecular flexibility index (Phi) is 4.53. The van der Waals surface area contributed by atoms with Crippen LogP contribution in [-0.2, 0) is 13.1 Å². The lowest BCUT2D eigenvalue weighted by Gasteiger charge is -2.27. The van der Waals surface area contributed by atoms with Gasteiger partial charge in [0.2, 0.25) is 0 Å². The molecule has 0 radical (unpaired) electrons. The second-order valence-electron chi connectivity index (χ2n) is 5.05. The molecule has 0 bridgehead atoms. The fourth-order valence-electron chi connectivity index (χ4n) is 2.04. The highest BCUT2D eigenvalue weighted by Gasteiger charge is 2.12. The zero-order chi connectivity index (χ0) is 13.7. The van der Waals surface area contributed by atoms with Gasteiger partial charge in [0.15, 0.2) is 0 Å². The molecule has 3 nitrogen and oxygen atoms in total. The first-order valence-corrected chi connectivity index (χ1v) is 6.63. The lowest BCUT2D eigenvalue weighted by molar-refractivity contribution is 0.204. The minimum Gasteiger partial charge on any atom is -0.398 e. The van der Waals surface area contributed by atoms with E-state index in [-0.39, 0.29) is 0 Å². The zero-order valence-corrected chi connectivity index (χ0v) is 11.6. The van der Waals surface area contributed by atoms with Gasteiger partial charge in [-0.3, -0.25) is 9.88 Å². The Bertz CT molecular complexity index is 508. The van der Waals surface area contributed by atoms with Gasteiger partial charge in [-0.2, -0.15) is 0 Å². The minimum atomic E-state index is 0.466. The van der Waals surface area contributed by atoms with E-state index in [9.17, 15) is 0 Å². The Balaban J connectivity index is 2.11. The van der Waals surface area contributed by atoms with Crippen molar-refractivity contribution in [1.29, 1.82) is 0 Å². The first-order chi connectivity index (χ1) is 9.16. The molecule has 2 rings (SSSR count). The van der Waals surface area contributed by atoms with Crippen LogP contribution in [0.1, 0.15) is 25.0 Å². The predicted octanol–water partition coefficient (Wildman–Crippen LogP) is 3.07. The maximum atomic E-state index is 6.03. The lowest BCUT2D eigenvalue weighted by atomic mass is 10.1. The van der Waals surface area contributed by atoms with E-state index in [1.807, 2.05) is 30.6 Å². The molecule has 0 spiro atoms. The van der Waals surface area contributed by atoms with E-state index in [0.29, 0.717) is 6.04 Å². The Hall–Kier alpha value is -1.87. The third-order valence-corrected chi connectivity index (χ3v) is 3.29. The summed E-state index contributed by atoms with van der Waals surface area (Å²) in [6.07, 6.45) is 3.68. The second-order valence-corrected chi connectivity index (χ2v) is 5.05. The number of aromatic nitrogens is 1. The molecule has 2 aromatic rings. The molecule has 0 saturated heterocycles.